The van der Waals surface area contributed by atoms with E-state index in [1.165, 1.54) is 0 Å². The summed E-state index contributed by atoms with van der Waals surface area (Å²) in [5.74, 6) is 0.462. The van der Waals surface area contributed by atoms with Crippen LogP contribution in [0.3, 0.4) is 0 Å². The lowest BCUT2D eigenvalue weighted by atomic mass is 9.69. The molecule has 0 aliphatic heterocycles. The Labute approximate surface area is 134 Å². The van der Waals surface area contributed by atoms with Gasteiger partial charge in [0.1, 0.15) is 5.78 Å². The van der Waals surface area contributed by atoms with Crippen molar-refractivity contribution in [2.24, 2.45) is 11.3 Å². The molecule has 1 unspecified atom stereocenters. The summed E-state index contributed by atoms with van der Waals surface area (Å²) in [7, 11) is 1.75. The van der Waals surface area contributed by atoms with Crippen LogP contribution in [0.15, 0.2) is 30.3 Å². The van der Waals surface area contributed by atoms with Gasteiger partial charge in [-0.15, -0.1) is 0 Å². The molecule has 1 aliphatic carbocycles. The summed E-state index contributed by atoms with van der Waals surface area (Å²) >= 11 is 0. The van der Waals surface area contributed by atoms with E-state index in [0.29, 0.717) is 25.4 Å². The molecule has 0 aromatic heterocycles. The van der Waals surface area contributed by atoms with E-state index in [0.717, 1.165) is 24.8 Å². The fraction of sp³-hybridized carbons (Fsp3) is 0.632. The van der Waals surface area contributed by atoms with Gasteiger partial charge in [0.2, 0.25) is 0 Å². The van der Waals surface area contributed by atoms with Gasteiger partial charge in [-0.3, -0.25) is 4.79 Å². The molecule has 0 N–H and O–H groups in total. The maximum atomic E-state index is 12.3. The Morgan fingerprint density at radius 3 is 2.68 bits per heavy atom. The van der Waals surface area contributed by atoms with Gasteiger partial charge in [-0.2, -0.15) is 0 Å². The van der Waals surface area contributed by atoms with Crippen LogP contribution in [0.5, 0.6) is 0 Å². The number of ether oxygens (including phenoxy) is 2. The van der Waals surface area contributed by atoms with Gasteiger partial charge in [0.05, 0.1) is 19.3 Å². The highest BCUT2D eigenvalue weighted by Gasteiger charge is 2.38. The zero-order chi connectivity index (χ0) is 16.0. The van der Waals surface area contributed by atoms with E-state index in [4.69, 9.17) is 9.47 Å². The smallest absolute Gasteiger partial charge is 0.138 e. The van der Waals surface area contributed by atoms with E-state index in [1.807, 2.05) is 30.3 Å². The zero-order valence-corrected chi connectivity index (χ0v) is 14.0. The normalized spacial score (nSPS) is 24.1. The van der Waals surface area contributed by atoms with Gasteiger partial charge in [-0.25, -0.2) is 0 Å². The maximum absolute atomic E-state index is 12.3. The first kappa shape index (κ1) is 17.2. The molecular weight excluding hydrogens is 276 g/mol. The van der Waals surface area contributed by atoms with Gasteiger partial charge in [0.25, 0.3) is 0 Å². The number of ketones is 1. The number of methoxy groups -OCH3 is 1. The van der Waals surface area contributed by atoms with Crippen LogP contribution in [-0.2, 0) is 20.9 Å². The van der Waals surface area contributed by atoms with Crippen LogP contribution in [0.1, 0.15) is 45.1 Å². The van der Waals surface area contributed by atoms with Crippen molar-refractivity contribution in [2.75, 3.05) is 13.7 Å². The number of hydrogen-bond donors (Lipinski definition) is 0. The molecule has 1 aromatic carbocycles. The highest BCUT2D eigenvalue weighted by molar-refractivity contribution is 5.81. The van der Waals surface area contributed by atoms with Crippen molar-refractivity contribution in [3.63, 3.8) is 0 Å². The third-order valence-electron chi connectivity index (χ3n) is 4.85. The second kappa shape index (κ2) is 7.89. The molecule has 1 fully saturated rings. The average Bonchev–Trinajstić information content (AvgIpc) is 2.52. The van der Waals surface area contributed by atoms with Crippen molar-refractivity contribution in [2.45, 2.75) is 52.2 Å². The van der Waals surface area contributed by atoms with Crippen LogP contribution in [0.25, 0.3) is 0 Å². The van der Waals surface area contributed by atoms with Crippen molar-refractivity contribution in [1.29, 1.82) is 0 Å². The van der Waals surface area contributed by atoms with Crippen LogP contribution in [-0.4, -0.2) is 25.6 Å². The van der Waals surface area contributed by atoms with Crippen LogP contribution in [0.2, 0.25) is 0 Å². The van der Waals surface area contributed by atoms with E-state index in [-0.39, 0.29) is 17.4 Å². The number of carbonyl (C=O) groups excluding carboxylic acids is 1. The highest BCUT2D eigenvalue weighted by Crippen LogP contribution is 2.40. The van der Waals surface area contributed by atoms with E-state index in [2.05, 4.69) is 13.8 Å². The first-order valence-electron chi connectivity index (χ1n) is 8.20. The van der Waals surface area contributed by atoms with Crippen molar-refractivity contribution >= 4 is 5.78 Å². The first-order valence-corrected chi connectivity index (χ1v) is 8.20. The molecule has 3 nitrogen and oxygen atoms in total. The predicted molar refractivity (Wildman–Crippen MR) is 87.6 cm³/mol. The van der Waals surface area contributed by atoms with Gasteiger partial charge >= 0.3 is 0 Å². The molecule has 3 heteroatoms. The third-order valence-corrected chi connectivity index (χ3v) is 4.85. The van der Waals surface area contributed by atoms with Crippen molar-refractivity contribution in [3.8, 4) is 0 Å². The predicted octanol–water partition coefficient (Wildman–Crippen LogP) is 4.00. The largest absolute Gasteiger partial charge is 0.381 e. The standard InChI is InChI=1S/C19H28O3/c1-19(2)11-9-16(13-18(19)21-3)17(20)10-12-22-14-15-7-5-4-6-8-15/h4-8,16,18H,9-14H2,1-3H3/t16?,18-/m1/s1. The van der Waals surface area contributed by atoms with Crippen molar-refractivity contribution < 1.29 is 14.3 Å². The lowest BCUT2D eigenvalue weighted by Gasteiger charge is -2.40. The van der Waals surface area contributed by atoms with Crippen LogP contribution in [0, 0.1) is 11.3 Å². The Bertz CT molecular complexity index is 467. The minimum atomic E-state index is 0.137. The highest BCUT2D eigenvalue weighted by atomic mass is 16.5. The van der Waals surface area contributed by atoms with Gasteiger partial charge in [0.15, 0.2) is 0 Å². The minimum Gasteiger partial charge on any atom is -0.381 e. The maximum Gasteiger partial charge on any atom is 0.138 e. The van der Waals surface area contributed by atoms with E-state index in [1.54, 1.807) is 7.11 Å². The number of rotatable bonds is 7. The average molecular weight is 304 g/mol. The van der Waals surface area contributed by atoms with Gasteiger partial charge < -0.3 is 9.47 Å². The van der Waals surface area contributed by atoms with Crippen LogP contribution in [0.4, 0.5) is 0 Å². The quantitative estimate of drug-likeness (QED) is 0.714. The van der Waals surface area contributed by atoms with Crippen molar-refractivity contribution in [3.05, 3.63) is 35.9 Å². The van der Waals surface area contributed by atoms with Gasteiger partial charge in [-0.05, 0) is 30.2 Å². The summed E-state index contributed by atoms with van der Waals surface area (Å²) in [6, 6.07) is 10.1. The Hall–Kier alpha value is -1.19. The third kappa shape index (κ3) is 4.65. The lowest BCUT2D eigenvalue weighted by Crippen LogP contribution is -2.40. The molecule has 2 atom stereocenters. The molecule has 1 aromatic rings. The van der Waals surface area contributed by atoms with Crippen molar-refractivity contribution in [1.82, 2.24) is 0 Å². The second-order valence-electron chi connectivity index (χ2n) is 6.94. The molecule has 122 valence electrons. The number of benzene rings is 1. The zero-order valence-electron chi connectivity index (χ0n) is 14.0. The minimum absolute atomic E-state index is 0.137. The molecule has 22 heavy (non-hydrogen) atoms. The van der Waals surface area contributed by atoms with E-state index >= 15 is 0 Å². The van der Waals surface area contributed by atoms with E-state index < -0.39 is 0 Å². The fourth-order valence-corrected chi connectivity index (χ4v) is 3.25. The van der Waals surface area contributed by atoms with E-state index in [9.17, 15) is 4.79 Å². The topological polar surface area (TPSA) is 35.5 Å². The summed E-state index contributed by atoms with van der Waals surface area (Å²) in [6.45, 7) is 5.54. The molecular formula is C19H28O3. The second-order valence-corrected chi connectivity index (χ2v) is 6.94. The molecule has 2 rings (SSSR count). The Morgan fingerprint density at radius 2 is 2.00 bits per heavy atom. The molecule has 0 saturated heterocycles. The van der Waals surface area contributed by atoms with Crippen LogP contribution < -0.4 is 0 Å². The number of hydrogen-bond acceptors (Lipinski definition) is 3. The number of Topliss-reactive ketones (excluding diaryl/α,β-unsaturated/α-hetero) is 1. The summed E-state index contributed by atoms with van der Waals surface area (Å²) in [5.41, 5.74) is 1.32. The molecule has 0 bridgehead atoms. The molecule has 0 amide bonds. The summed E-state index contributed by atoms with van der Waals surface area (Å²) in [5, 5.41) is 0. The number of carbonyl (C=O) groups is 1. The molecule has 0 heterocycles. The molecule has 0 spiro atoms. The van der Waals surface area contributed by atoms with Gasteiger partial charge in [-0.1, -0.05) is 44.2 Å². The van der Waals surface area contributed by atoms with Crippen LogP contribution >= 0.6 is 0 Å². The summed E-state index contributed by atoms with van der Waals surface area (Å²) in [4.78, 5) is 12.3. The molecule has 1 aliphatic rings. The molecule has 0 radical (unpaired) electrons. The van der Waals surface area contributed by atoms with Gasteiger partial charge in [0, 0.05) is 19.4 Å². The Kier molecular flexibility index (Phi) is 6.16. The monoisotopic (exact) mass is 304 g/mol. The lowest BCUT2D eigenvalue weighted by molar-refractivity contribution is -0.129. The summed E-state index contributed by atoms with van der Waals surface area (Å²) in [6.07, 6.45) is 3.56. The fourth-order valence-electron chi connectivity index (χ4n) is 3.25. The Morgan fingerprint density at radius 1 is 1.27 bits per heavy atom. The first-order chi connectivity index (χ1) is 10.5. The Balaban J connectivity index is 1.71. The SMILES string of the molecule is CO[C@@H]1CC(C(=O)CCOCc2ccccc2)CCC1(C)C. The molecule has 1 saturated carbocycles. The summed E-state index contributed by atoms with van der Waals surface area (Å²) < 4.78 is 11.2.